The number of halogens is 2. The number of rotatable bonds is 6. The van der Waals surface area contributed by atoms with Crippen LogP contribution in [0.1, 0.15) is 24.5 Å². The number of benzene rings is 1. The van der Waals surface area contributed by atoms with E-state index in [1.165, 1.54) is 4.57 Å². The second kappa shape index (κ2) is 7.57. The van der Waals surface area contributed by atoms with Crippen molar-refractivity contribution in [3.63, 3.8) is 0 Å². The highest BCUT2D eigenvalue weighted by Crippen LogP contribution is 2.26. The molecule has 2 heterocycles. The Bertz CT molecular complexity index is 995. The number of aliphatic imine (C=N–C) groups is 1. The van der Waals surface area contributed by atoms with E-state index < -0.39 is 24.5 Å². The van der Waals surface area contributed by atoms with Gasteiger partial charge in [0.25, 0.3) is 5.56 Å². The van der Waals surface area contributed by atoms with Crippen molar-refractivity contribution in [3.05, 3.63) is 39.7 Å². The molecule has 1 aliphatic heterocycles. The third kappa shape index (κ3) is 4.29. The van der Waals surface area contributed by atoms with E-state index in [0.29, 0.717) is 36.7 Å². The maximum absolute atomic E-state index is 13.3. The van der Waals surface area contributed by atoms with Crippen LogP contribution in [0.15, 0.2) is 28.0 Å². The predicted octanol–water partition coefficient (Wildman–Crippen LogP) is 1.24. The van der Waals surface area contributed by atoms with Crippen molar-refractivity contribution in [2.75, 3.05) is 13.2 Å². The number of carbonyl (C=O) groups excluding carboxylic acids is 1. The quantitative estimate of drug-likeness (QED) is 0.800. The number of aromatic nitrogens is 1. The van der Waals surface area contributed by atoms with Crippen molar-refractivity contribution >= 4 is 23.2 Å². The molecule has 1 aliphatic rings. The summed E-state index contributed by atoms with van der Waals surface area (Å²) in [5.41, 5.74) is 1.95. The van der Waals surface area contributed by atoms with Gasteiger partial charge in [-0.3, -0.25) is 9.79 Å². The molecule has 1 amide bonds. The molecule has 0 bridgehead atoms. The highest BCUT2D eigenvalue weighted by molar-refractivity contribution is 5.93. The zero-order valence-electron chi connectivity index (χ0n) is 15.5. The fourth-order valence-corrected chi connectivity index (χ4v) is 3.38. The van der Waals surface area contributed by atoms with E-state index in [4.69, 9.17) is 4.74 Å². The van der Waals surface area contributed by atoms with Crippen LogP contribution in [0, 0.1) is 0 Å². The summed E-state index contributed by atoms with van der Waals surface area (Å²) < 4.78 is 33.5. The Morgan fingerprint density at radius 3 is 2.89 bits per heavy atom. The topological polar surface area (TPSA) is 95.8 Å². The van der Waals surface area contributed by atoms with Gasteiger partial charge in [-0.15, -0.1) is 0 Å². The monoisotopic (exact) mass is 392 g/mol. The lowest BCUT2D eigenvalue weighted by Crippen LogP contribution is -2.47. The summed E-state index contributed by atoms with van der Waals surface area (Å²) in [7, 11) is 1.63. The number of aryl methyl sites for hydroxylation is 1. The van der Waals surface area contributed by atoms with E-state index in [0.717, 1.165) is 10.9 Å². The lowest BCUT2D eigenvalue weighted by molar-refractivity contribution is -0.252. The van der Waals surface area contributed by atoms with E-state index in [1.54, 1.807) is 31.5 Å². The second-order valence-corrected chi connectivity index (χ2v) is 6.93. The number of amides is 1. The normalized spacial score (nSPS) is 14.6. The highest BCUT2D eigenvalue weighted by Gasteiger charge is 2.27. The minimum Gasteiger partial charge on any atom is -0.530 e. The molecular weight excluding hydrogens is 372 g/mol. The molecule has 0 saturated carbocycles. The first-order chi connectivity index (χ1) is 13.2. The first kappa shape index (κ1) is 19.8. The number of hydrogen-bond donors (Lipinski definition) is 1. The number of carboxylic acid groups (broad SMARTS) is 1. The van der Waals surface area contributed by atoms with Crippen LogP contribution in [-0.2, 0) is 13.5 Å². The third-order valence-corrected chi connectivity index (χ3v) is 4.61. The molecular formula is C19H20F2N3O4-. The SMILES string of the molecule is Cn1c(=O)c2c(c3ccc(OCC(CC(C)(F)F)NC(=O)[O-])cc31)CCN=C2. The van der Waals surface area contributed by atoms with Crippen LogP contribution in [0.3, 0.4) is 0 Å². The zero-order chi connectivity index (χ0) is 20.5. The van der Waals surface area contributed by atoms with Crippen LogP contribution < -0.4 is 20.7 Å². The van der Waals surface area contributed by atoms with Crippen molar-refractivity contribution < 1.29 is 23.4 Å². The maximum atomic E-state index is 13.3. The Morgan fingerprint density at radius 1 is 1.46 bits per heavy atom. The van der Waals surface area contributed by atoms with Gasteiger partial charge in [-0.2, -0.15) is 0 Å². The van der Waals surface area contributed by atoms with Crippen LogP contribution in [0.4, 0.5) is 13.6 Å². The van der Waals surface area contributed by atoms with Gasteiger partial charge in [-0.1, -0.05) is 0 Å². The lowest BCUT2D eigenvalue weighted by atomic mass is 9.99. The molecule has 1 aromatic heterocycles. The molecule has 1 atom stereocenters. The molecule has 0 fully saturated rings. The van der Waals surface area contributed by atoms with Gasteiger partial charge in [0, 0.05) is 37.7 Å². The summed E-state index contributed by atoms with van der Waals surface area (Å²) >= 11 is 0. The number of alkyl halides is 2. The average Bonchev–Trinajstić information content (AvgIpc) is 2.62. The number of nitrogens with one attached hydrogen (secondary N) is 1. The van der Waals surface area contributed by atoms with Crippen molar-refractivity contribution in [1.82, 2.24) is 9.88 Å². The zero-order valence-corrected chi connectivity index (χ0v) is 15.5. The molecule has 1 unspecified atom stereocenters. The van der Waals surface area contributed by atoms with Crippen molar-refractivity contribution in [3.8, 4) is 5.75 Å². The number of hydrogen-bond acceptors (Lipinski definition) is 5. The first-order valence-electron chi connectivity index (χ1n) is 8.79. The Morgan fingerprint density at radius 2 is 2.21 bits per heavy atom. The van der Waals surface area contributed by atoms with Gasteiger partial charge in [0.2, 0.25) is 5.92 Å². The van der Waals surface area contributed by atoms with E-state index >= 15 is 0 Å². The van der Waals surface area contributed by atoms with Gasteiger partial charge in [-0.25, -0.2) is 8.78 Å². The lowest BCUT2D eigenvalue weighted by Gasteiger charge is -2.23. The Labute approximate surface area is 159 Å². The molecule has 0 saturated heterocycles. The fraction of sp³-hybridized carbons (Fsp3) is 0.421. The summed E-state index contributed by atoms with van der Waals surface area (Å²) in [5.74, 6) is -2.72. The number of nitrogens with zero attached hydrogens (tertiary/aromatic N) is 2. The van der Waals surface area contributed by atoms with Crippen LogP contribution >= 0.6 is 0 Å². The summed E-state index contributed by atoms with van der Waals surface area (Å²) in [4.78, 5) is 27.4. The van der Waals surface area contributed by atoms with Crippen LogP contribution in [0.2, 0.25) is 0 Å². The van der Waals surface area contributed by atoms with E-state index in [9.17, 15) is 23.5 Å². The Balaban J connectivity index is 1.88. The molecule has 1 aromatic carbocycles. The van der Waals surface area contributed by atoms with Crippen LogP contribution in [0.25, 0.3) is 10.9 Å². The van der Waals surface area contributed by atoms with Crippen molar-refractivity contribution in [1.29, 1.82) is 0 Å². The van der Waals surface area contributed by atoms with Gasteiger partial charge in [-0.05, 0) is 31.0 Å². The summed E-state index contributed by atoms with van der Waals surface area (Å²) in [6.07, 6.45) is -0.125. The number of carbonyl (C=O) groups is 1. The van der Waals surface area contributed by atoms with Gasteiger partial charge in [0.15, 0.2) is 0 Å². The minimum absolute atomic E-state index is 0.176. The Hall–Kier alpha value is -2.97. The second-order valence-electron chi connectivity index (χ2n) is 6.93. The predicted molar refractivity (Wildman–Crippen MR) is 98.4 cm³/mol. The van der Waals surface area contributed by atoms with E-state index in [1.807, 2.05) is 5.32 Å². The van der Waals surface area contributed by atoms with Gasteiger partial charge in [0.05, 0.1) is 17.1 Å². The highest BCUT2D eigenvalue weighted by atomic mass is 19.3. The molecule has 2 aromatic rings. The van der Waals surface area contributed by atoms with E-state index in [-0.39, 0.29) is 12.2 Å². The smallest absolute Gasteiger partial charge is 0.259 e. The third-order valence-electron chi connectivity index (χ3n) is 4.61. The van der Waals surface area contributed by atoms with E-state index in [2.05, 4.69) is 4.99 Å². The standard InChI is InChI=1S/C19H21F2N3O4/c1-19(20,21)8-11(23-18(26)27)10-28-12-3-4-14-13-5-6-22-9-15(13)17(25)24(2)16(14)7-12/h3-4,7,9,11,23H,5-6,8,10H2,1-2H3,(H,26,27)/p-1. The van der Waals surface area contributed by atoms with Gasteiger partial charge < -0.3 is 24.5 Å². The number of fused-ring (bicyclic) bond motifs is 3. The summed E-state index contributed by atoms with van der Waals surface area (Å²) in [6, 6.07) is 3.98. The average molecular weight is 392 g/mol. The van der Waals surface area contributed by atoms with Crippen molar-refractivity contribution in [2.24, 2.45) is 12.0 Å². The molecule has 28 heavy (non-hydrogen) atoms. The summed E-state index contributed by atoms with van der Waals surface area (Å²) in [5, 5.41) is 13.6. The molecule has 3 rings (SSSR count). The first-order valence-corrected chi connectivity index (χ1v) is 8.79. The maximum Gasteiger partial charge on any atom is 0.259 e. The molecule has 0 spiro atoms. The molecule has 1 N–H and O–H groups in total. The van der Waals surface area contributed by atoms with Gasteiger partial charge in [0.1, 0.15) is 18.4 Å². The van der Waals surface area contributed by atoms with Crippen LogP contribution in [-0.4, -0.2) is 42.0 Å². The minimum atomic E-state index is -3.07. The molecule has 0 radical (unpaired) electrons. The molecule has 7 nitrogen and oxygen atoms in total. The molecule has 0 aliphatic carbocycles. The number of ether oxygens (including phenoxy) is 1. The molecule has 9 heteroatoms. The summed E-state index contributed by atoms with van der Waals surface area (Å²) in [6.45, 7) is 1.01. The molecule has 150 valence electrons. The number of pyridine rings is 1. The van der Waals surface area contributed by atoms with Crippen molar-refractivity contribution in [2.45, 2.75) is 31.7 Å². The van der Waals surface area contributed by atoms with Gasteiger partial charge >= 0.3 is 0 Å². The Kier molecular flexibility index (Phi) is 5.35. The fourth-order valence-electron chi connectivity index (χ4n) is 3.38. The largest absolute Gasteiger partial charge is 0.530 e. The van der Waals surface area contributed by atoms with Crippen LogP contribution in [0.5, 0.6) is 5.75 Å².